The van der Waals surface area contributed by atoms with Gasteiger partial charge in [0, 0.05) is 18.3 Å². The van der Waals surface area contributed by atoms with Gasteiger partial charge in [-0.1, -0.05) is 30.0 Å². The van der Waals surface area contributed by atoms with E-state index in [4.69, 9.17) is 4.74 Å². The lowest BCUT2D eigenvalue weighted by molar-refractivity contribution is -0.113. The summed E-state index contributed by atoms with van der Waals surface area (Å²) in [4.78, 5) is 12.3. The van der Waals surface area contributed by atoms with Gasteiger partial charge in [-0.05, 0) is 49.2 Å². The number of ether oxygens (including phenoxy) is 1. The van der Waals surface area contributed by atoms with Crippen LogP contribution < -0.4 is 10.1 Å². The quantitative estimate of drug-likeness (QED) is 0.656. The van der Waals surface area contributed by atoms with E-state index in [1.54, 1.807) is 7.11 Å². The molecule has 2 aromatic carbocycles. The topological polar surface area (TPSA) is 69.0 Å². The van der Waals surface area contributed by atoms with Crippen molar-refractivity contribution < 1.29 is 9.53 Å². The van der Waals surface area contributed by atoms with Crippen LogP contribution in [0.25, 0.3) is 11.4 Å². The van der Waals surface area contributed by atoms with Crippen LogP contribution in [-0.2, 0) is 11.8 Å². The predicted octanol–water partition coefficient (Wildman–Crippen LogP) is 3.84. The molecule has 0 unspecified atom stereocenters. The first kappa shape index (κ1) is 19.0. The number of nitrogens with one attached hydrogen (secondary N) is 1. The molecule has 6 nitrogen and oxygen atoms in total. The molecular formula is C20H22N4O2S. The van der Waals surface area contributed by atoms with Crippen molar-refractivity contribution in [3.8, 4) is 17.1 Å². The number of amides is 1. The lowest BCUT2D eigenvalue weighted by Crippen LogP contribution is -2.14. The maximum Gasteiger partial charge on any atom is 0.234 e. The molecule has 0 atom stereocenters. The van der Waals surface area contributed by atoms with Crippen molar-refractivity contribution in [2.75, 3.05) is 18.2 Å². The Balaban J connectivity index is 1.66. The van der Waals surface area contributed by atoms with E-state index in [0.29, 0.717) is 5.16 Å². The monoisotopic (exact) mass is 382 g/mol. The summed E-state index contributed by atoms with van der Waals surface area (Å²) in [6.07, 6.45) is 0. The maximum atomic E-state index is 12.3. The minimum Gasteiger partial charge on any atom is -0.497 e. The van der Waals surface area contributed by atoms with Gasteiger partial charge in [-0.15, -0.1) is 10.2 Å². The molecule has 0 radical (unpaired) electrons. The molecule has 1 N–H and O–H groups in total. The first-order valence-electron chi connectivity index (χ1n) is 8.51. The first-order valence-corrected chi connectivity index (χ1v) is 9.49. The van der Waals surface area contributed by atoms with Crippen molar-refractivity contribution >= 4 is 23.4 Å². The van der Waals surface area contributed by atoms with E-state index in [2.05, 4.69) is 21.6 Å². The van der Waals surface area contributed by atoms with Crippen molar-refractivity contribution in [3.63, 3.8) is 0 Å². The summed E-state index contributed by atoms with van der Waals surface area (Å²) in [5.74, 6) is 1.68. The van der Waals surface area contributed by atoms with Crippen LogP contribution in [-0.4, -0.2) is 33.5 Å². The molecule has 0 aliphatic rings. The number of aryl methyl sites for hydroxylation is 2. The molecule has 0 aliphatic carbocycles. The summed E-state index contributed by atoms with van der Waals surface area (Å²) in [6.45, 7) is 4.02. The van der Waals surface area contributed by atoms with Crippen molar-refractivity contribution in [1.82, 2.24) is 14.8 Å². The summed E-state index contributed by atoms with van der Waals surface area (Å²) < 4.78 is 7.14. The van der Waals surface area contributed by atoms with E-state index in [-0.39, 0.29) is 11.7 Å². The molecule has 0 spiro atoms. The number of nitrogens with zero attached hydrogens (tertiary/aromatic N) is 3. The number of methoxy groups -OCH3 is 1. The van der Waals surface area contributed by atoms with Crippen molar-refractivity contribution in [2.45, 2.75) is 19.0 Å². The van der Waals surface area contributed by atoms with Crippen LogP contribution in [0.1, 0.15) is 11.1 Å². The first-order chi connectivity index (χ1) is 13.0. The van der Waals surface area contributed by atoms with Gasteiger partial charge in [-0.3, -0.25) is 4.79 Å². The molecule has 1 heterocycles. The Hall–Kier alpha value is -2.80. The Kier molecular flexibility index (Phi) is 5.81. The predicted molar refractivity (Wildman–Crippen MR) is 108 cm³/mol. The molecule has 3 rings (SSSR count). The number of carbonyl (C=O) groups is 1. The molecule has 140 valence electrons. The van der Waals surface area contributed by atoms with Crippen LogP contribution in [0.4, 0.5) is 5.69 Å². The number of benzene rings is 2. The molecule has 0 fully saturated rings. The fraction of sp³-hybridized carbons (Fsp3) is 0.250. The zero-order valence-electron chi connectivity index (χ0n) is 15.8. The van der Waals surface area contributed by atoms with Crippen LogP contribution in [0.3, 0.4) is 0 Å². The van der Waals surface area contributed by atoms with Gasteiger partial charge in [0.15, 0.2) is 11.0 Å². The minimum atomic E-state index is -0.0732. The SMILES string of the molecule is COc1cccc(-c2nnc(SCC(=O)Nc3cc(C)cc(C)c3)n2C)c1. The highest BCUT2D eigenvalue weighted by Gasteiger charge is 2.13. The Bertz CT molecular complexity index is 948. The number of hydrogen-bond acceptors (Lipinski definition) is 5. The molecule has 3 aromatic rings. The number of anilines is 1. The summed E-state index contributed by atoms with van der Waals surface area (Å²) in [7, 11) is 3.52. The van der Waals surface area contributed by atoms with Gasteiger partial charge in [0.05, 0.1) is 12.9 Å². The highest BCUT2D eigenvalue weighted by atomic mass is 32.2. The third-order valence-corrected chi connectivity index (χ3v) is 5.02. The second-order valence-electron chi connectivity index (χ2n) is 6.31. The van der Waals surface area contributed by atoms with Crippen LogP contribution >= 0.6 is 11.8 Å². The summed E-state index contributed by atoms with van der Waals surface area (Å²) in [5.41, 5.74) is 3.97. The van der Waals surface area contributed by atoms with Crippen molar-refractivity contribution in [3.05, 3.63) is 53.6 Å². The average molecular weight is 382 g/mol. The summed E-state index contributed by atoms with van der Waals surface area (Å²) in [5, 5.41) is 12.1. The van der Waals surface area contributed by atoms with Crippen molar-refractivity contribution in [2.24, 2.45) is 7.05 Å². The molecule has 0 saturated carbocycles. The third-order valence-electron chi connectivity index (χ3n) is 4.00. The van der Waals surface area contributed by atoms with Gasteiger partial charge in [0.1, 0.15) is 5.75 Å². The highest BCUT2D eigenvalue weighted by Crippen LogP contribution is 2.25. The van der Waals surface area contributed by atoms with Gasteiger partial charge in [-0.2, -0.15) is 0 Å². The minimum absolute atomic E-state index is 0.0732. The van der Waals surface area contributed by atoms with Gasteiger partial charge in [0.2, 0.25) is 5.91 Å². The average Bonchev–Trinajstić information content (AvgIpc) is 3.00. The highest BCUT2D eigenvalue weighted by molar-refractivity contribution is 7.99. The fourth-order valence-electron chi connectivity index (χ4n) is 2.83. The lowest BCUT2D eigenvalue weighted by atomic mass is 10.1. The molecule has 0 aliphatic heterocycles. The Morgan fingerprint density at radius 1 is 1.15 bits per heavy atom. The van der Waals surface area contributed by atoms with Crippen LogP contribution in [0.15, 0.2) is 47.6 Å². The van der Waals surface area contributed by atoms with Crippen molar-refractivity contribution in [1.29, 1.82) is 0 Å². The zero-order valence-corrected chi connectivity index (χ0v) is 16.6. The molecule has 0 bridgehead atoms. The second kappa shape index (κ2) is 8.26. The number of thioether (sulfide) groups is 1. The van der Waals surface area contributed by atoms with Gasteiger partial charge in [-0.25, -0.2) is 0 Å². The van der Waals surface area contributed by atoms with Gasteiger partial charge >= 0.3 is 0 Å². The number of rotatable bonds is 6. The van der Waals surface area contributed by atoms with Crippen LogP contribution in [0.2, 0.25) is 0 Å². The van der Waals surface area contributed by atoms with Gasteiger partial charge in [0.25, 0.3) is 0 Å². The number of aromatic nitrogens is 3. The van der Waals surface area contributed by atoms with E-state index in [1.165, 1.54) is 11.8 Å². The summed E-state index contributed by atoms with van der Waals surface area (Å²) in [6, 6.07) is 13.6. The smallest absolute Gasteiger partial charge is 0.234 e. The Labute approximate surface area is 163 Å². The largest absolute Gasteiger partial charge is 0.497 e. The fourth-order valence-corrected chi connectivity index (χ4v) is 3.54. The number of carbonyl (C=O) groups excluding carboxylic acids is 1. The van der Waals surface area contributed by atoms with Crippen LogP contribution in [0, 0.1) is 13.8 Å². The zero-order chi connectivity index (χ0) is 19.4. The molecule has 0 saturated heterocycles. The lowest BCUT2D eigenvalue weighted by Gasteiger charge is -2.08. The molecule has 7 heteroatoms. The van der Waals surface area contributed by atoms with E-state index in [0.717, 1.165) is 34.0 Å². The van der Waals surface area contributed by atoms with Gasteiger partial charge < -0.3 is 14.6 Å². The molecule has 1 aromatic heterocycles. The summed E-state index contributed by atoms with van der Waals surface area (Å²) >= 11 is 1.35. The maximum absolute atomic E-state index is 12.3. The van der Waals surface area contributed by atoms with E-state index in [9.17, 15) is 4.79 Å². The van der Waals surface area contributed by atoms with E-state index in [1.807, 2.05) is 61.9 Å². The number of hydrogen-bond donors (Lipinski definition) is 1. The molecule has 1 amide bonds. The Morgan fingerprint density at radius 2 is 1.89 bits per heavy atom. The molecular weight excluding hydrogens is 360 g/mol. The standard InChI is InChI=1S/C20H22N4O2S/c1-13-8-14(2)10-16(9-13)21-18(25)12-27-20-23-22-19(24(20)3)15-6-5-7-17(11-15)26-4/h5-11H,12H2,1-4H3,(H,21,25). The van der Waals surface area contributed by atoms with E-state index < -0.39 is 0 Å². The third kappa shape index (κ3) is 4.68. The second-order valence-corrected chi connectivity index (χ2v) is 7.25. The normalized spacial score (nSPS) is 10.7. The van der Waals surface area contributed by atoms with Crippen LogP contribution in [0.5, 0.6) is 5.75 Å². The van der Waals surface area contributed by atoms with E-state index >= 15 is 0 Å². The molecule has 27 heavy (non-hydrogen) atoms. The Morgan fingerprint density at radius 3 is 2.59 bits per heavy atom.